The summed E-state index contributed by atoms with van der Waals surface area (Å²) in [7, 11) is -4.19. The number of likely N-dealkylation sites (tertiary alicyclic amines) is 1. The molecule has 1 heterocycles. The number of carbonyl (C=O) groups is 2. The van der Waals surface area contributed by atoms with Gasteiger partial charge < -0.3 is 10.0 Å². The number of carbonyl (C=O) groups excluding carboxylic acids is 1. The molecule has 1 aliphatic carbocycles. The van der Waals surface area contributed by atoms with Crippen LogP contribution in [-0.4, -0.2) is 48.1 Å². The second kappa shape index (κ2) is 7.02. The van der Waals surface area contributed by atoms with Crippen molar-refractivity contribution in [2.45, 2.75) is 48.7 Å². The Hall–Kier alpha value is -1.89. The van der Waals surface area contributed by atoms with Crippen molar-refractivity contribution < 1.29 is 23.1 Å². The molecule has 1 aliphatic heterocycles. The highest BCUT2D eigenvalue weighted by molar-refractivity contribution is 7.93. The summed E-state index contributed by atoms with van der Waals surface area (Å²) in [5.74, 6) is -2.24. The average molecular weight is 379 g/mol. The Labute approximate surface area is 154 Å². The van der Waals surface area contributed by atoms with Crippen LogP contribution in [0.3, 0.4) is 0 Å². The van der Waals surface area contributed by atoms with E-state index in [1.54, 1.807) is 23.1 Å². The molecule has 2 atom stereocenters. The third-order valence-electron chi connectivity index (χ3n) is 5.89. The normalized spacial score (nSPS) is 27.4. The molecule has 1 aromatic carbocycles. The number of aliphatic carboxylic acids is 1. The SMILES string of the molecule is CC1CCN(C(=O)[C@H]2CCC[C@@]2(C(=O)O)S(=O)(=O)c2ccccc2)CC1. The highest BCUT2D eigenvalue weighted by Crippen LogP contribution is 2.46. The second-order valence-electron chi connectivity index (χ2n) is 7.46. The zero-order chi connectivity index (χ0) is 18.9. The van der Waals surface area contributed by atoms with E-state index in [9.17, 15) is 23.1 Å². The van der Waals surface area contributed by atoms with Gasteiger partial charge in [-0.2, -0.15) is 0 Å². The summed E-state index contributed by atoms with van der Waals surface area (Å²) in [5.41, 5.74) is 0. The van der Waals surface area contributed by atoms with Crippen molar-refractivity contribution in [3.05, 3.63) is 30.3 Å². The van der Waals surface area contributed by atoms with Gasteiger partial charge in [0.1, 0.15) is 0 Å². The van der Waals surface area contributed by atoms with Gasteiger partial charge in [0.05, 0.1) is 10.8 Å². The van der Waals surface area contributed by atoms with Crippen LogP contribution in [0.25, 0.3) is 0 Å². The van der Waals surface area contributed by atoms with Crippen molar-refractivity contribution in [3.8, 4) is 0 Å². The first-order valence-corrected chi connectivity index (χ1v) is 10.6. The van der Waals surface area contributed by atoms with E-state index < -0.39 is 26.5 Å². The summed E-state index contributed by atoms with van der Waals surface area (Å²) in [6, 6.07) is 7.63. The molecule has 142 valence electrons. The molecule has 2 fully saturated rings. The molecule has 1 N–H and O–H groups in total. The van der Waals surface area contributed by atoms with Gasteiger partial charge in [-0.1, -0.05) is 31.5 Å². The molecule has 1 saturated heterocycles. The van der Waals surface area contributed by atoms with Crippen molar-refractivity contribution in [2.75, 3.05) is 13.1 Å². The number of nitrogens with zero attached hydrogens (tertiary/aromatic N) is 1. The first-order chi connectivity index (χ1) is 12.3. The number of amides is 1. The van der Waals surface area contributed by atoms with Gasteiger partial charge in [0.25, 0.3) is 0 Å². The van der Waals surface area contributed by atoms with Crippen LogP contribution in [-0.2, 0) is 19.4 Å². The number of benzene rings is 1. The van der Waals surface area contributed by atoms with Crippen molar-refractivity contribution in [3.63, 3.8) is 0 Å². The fraction of sp³-hybridized carbons (Fsp3) is 0.579. The lowest BCUT2D eigenvalue weighted by Crippen LogP contribution is -2.55. The molecule has 7 heteroatoms. The summed E-state index contributed by atoms with van der Waals surface area (Å²) in [6.07, 6.45) is 2.41. The standard InChI is InChI=1S/C19H25NO5S/c1-14-9-12-20(13-10-14)17(21)16-8-5-11-19(16,18(22)23)26(24,25)15-6-3-2-4-7-15/h2-4,6-7,14,16H,5,8-13H2,1H3,(H,22,23)/t16-,19-/m1/s1. The van der Waals surface area contributed by atoms with Crippen LogP contribution in [0.1, 0.15) is 39.0 Å². The fourth-order valence-electron chi connectivity index (χ4n) is 4.25. The Morgan fingerprint density at radius 2 is 1.73 bits per heavy atom. The monoisotopic (exact) mass is 379 g/mol. The van der Waals surface area contributed by atoms with Crippen LogP contribution in [0.4, 0.5) is 0 Å². The van der Waals surface area contributed by atoms with E-state index >= 15 is 0 Å². The number of carboxylic acid groups (broad SMARTS) is 1. The van der Waals surface area contributed by atoms with Crippen LogP contribution < -0.4 is 0 Å². The third-order valence-corrected chi connectivity index (χ3v) is 8.41. The predicted molar refractivity (Wildman–Crippen MR) is 96.3 cm³/mol. The van der Waals surface area contributed by atoms with Crippen LogP contribution in [0, 0.1) is 11.8 Å². The van der Waals surface area contributed by atoms with Crippen molar-refractivity contribution in [1.82, 2.24) is 4.90 Å². The van der Waals surface area contributed by atoms with Gasteiger partial charge in [0, 0.05) is 13.1 Å². The quantitative estimate of drug-likeness (QED) is 0.867. The highest BCUT2D eigenvalue weighted by Gasteiger charge is 2.62. The molecule has 0 bridgehead atoms. The Balaban J connectivity index is 2.00. The fourth-order valence-corrected chi connectivity index (χ4v) is 6.42. The van der Waals surface area contributed by atoms with Gasteiger partial charge in [-0.15, -0.1) is 0 Å². The molecule has 1 saturated carbocycles. The zero-order valence-electron chi connectivity index (χ0n) is 14.9. The topological polar surface area (TPSA) is 91.8 Å². The maximum Gasteiger partial charge on any atom is 0.326 e. The smallest absolute Gasteiger partial charge is 0.326 e. The molecule has 6 nitrogen and oxygen atoms in total. The summed E-state index contributed by atoms with van der Waals surface area (Å²) in [4.78, 5) is 27.0. The first kappa shape index (κ1) is 18.9. The van der Waals surface area contributed by atoms with E-state index in [0.29, 0.717) is 31.8 Å². The Morgan fingerprint density at radius 1 is 1.12 bits per heavy atom. The lowest BCUT2D eigenvalue weighted by molar-refractivity contribution is -0.147. The number of hydrogen-bond acceptors (Lipinski definition) is 4. The maximum atomic E-state index is 13.3. The predicted octanol–water partition coefficient (Wildman–Crippen LogP) is 2.34. The number of piperidine rings is 1. The Kier molecular flexibility index (Phi) is 5.10. The van der Waals surface area contributed by atoms with Gasteiger partial charge in [0.15, 0.2) is 14.6 Å². The van der Waals surface area contributed by atoms with Crippen LogP contribution in [0.15, 0.2) is 35.2 Å². The van der Waals surface area contributed by atoms with Crippen LogP contribution in [0.2, 0.25) is 0 Å². The van der Waals surface area contributed by atoms with E-state index in [-0.39, 0.29) is 17.2 Å². The molecule has 0 unspecified atom stereocenters. The molecule has 0 radical (unpaired) electrons. The number of rotatable bonds is 4. The van der Waals surface area contributed by atoms with Crippen LogP contribution in [0.5, 0.6) is 0 Å². The van der Waals surface area contributed by atoms with Gasteiger partial charge in [-0.3, -0.25) is 9.59 Å². The lowest BCUT2D eigenvalue weighted by atomic mass is 9.91. The summed E-state index contributed by atoms with van der Waals surface area (Å²) in [6.45, 7) is 3.26. The minimum atomic E-state index is -4.19. The minimum absolute atomic E-state index is 0.0276. The van der Waals surface area contributed by atoms with Crippen molar-refractivity contribution in [2.24, 2.45) is 11.8 Å². The summed E-state index contributed by atoms with van der Waals surface area (Å²) < 4.78 is 24.5. The van der Waals surface area contributed by atoms with E-state index in [2.05, 4.69) is 6.92 Å². The molecule has 3 rings (SSSR count). The molecular formula is C19H25NO5S. The van der Waals surface area contributed by atoms with Crippen LogP contribution >= 0.6 is 0 Å². The third kappa shape index (κ3) is 2.92. The largest absolute Gasteiger partial charge is 0.480 e. The number of sulfone groups is 1. The highest BCUT2D eigenvalue weighted by atomic mass is 32.2. The summed E-state index contributed by atoms with van der Waals surface area (Å²) in [5, 5.41) is 9.97. The Bertz CT molecular complexity index is 783. The number of carboxylic acids is 1. The van der Waals surface area contributed by atoms with Gasteiger partial charge in [-0.25, -0.2) is 8.42 Å². The maximum absolute atomic E-state index is 13.3. The van der Waals surface area contributed by atoms with Gasteiger partial charge in [-0.05, 0) is 43.7 Å². The molecule has 1 aromatic rings. The molecule has 26 heavy (non-hydrogen) atoms. The van der Waals surface area contributed by atoms with Gasteiger partial charge in [0.2, 0.25) is 5.91 Å². The minimum Gasteiger partial charge on any atom is -0.480 e. The van der Waals surface area contributed by atoms with Gasteiger partial charge >= 0.3 is 5.97 Å². The first-order valence-electron chi connectivity index (χ1n) is 9.12. The van der Waals surface area contributed by atoms with E-state index in [0.717, 1.165) is 12.8 Å². The van der Waals surface area contributed by atoms with Crippen molar-refractivity contribution >= 4 is 21.7 Å². The van der Waals surface area contributed by atoms with Crippen molar-refractivity contribution in [1.29, 1.82) is 0 Å². The molecule has 0 aromatic heterocycles. The molecule has 0 spiro atoms. The van der Waals surface area contributed by atoms with E-state index in [1.807, 2.05) is 0 Å². The zero-order valence-corrected chi connectivity index (χ0v) is 15.7. The second-order valence-corrected chi connectivity index (χ2v) is 9.67. The molecular weight excluding hydrogens is 354 g/mol. The molecule has 1 amide bonds. The van der Waals surface area contributed by atoms with E-state index in [4.69, 9.17) is 0 Å². The Morgan fingerprint density at radius 3 is 2.31 bits per heavy atom. The average Bonchev–Trinajstić information content (AvgIpc) is 3.09. The molecule has 2 aliphatic rings. The lowest BCUT2D eigenvalue weighted by Gasteiger charge is -2.36. The van der Waals surface area contributed by atoms with E-state index in [1.165, 1.54) is 12.1 Å². The number of hydrogen-bond donors (Lipinski definition) is 1. The summed E-state index contributed by atoms with van der Waals surface area (Å²) >= 11 is 0.